The lowest BCUT2D eigenvalue weighted by molar-refractivity contribution is 0.330. The van der Waals surface area contributed by atoms with E-state index in [0.29, 0.717) is 5.92 Å². The first kappa shape index (κ1) is 14.7. The van der Waals surface area contributed by atoms with Crippen LogP contribution in [-0.4, -0.2) is 38.1 Å². The first-order valence-corrected chi connectivity index (χ1v) is 6.48. The van der Waals surface area contributed by atoms with Crippen molar-refractivity contribution in [3.63, 3.8) is 0 Å². The molecule has 1 aliphatic heterocycles. The van der Waals surface area contributed by atoms with Crippen LogP contribution in [0.2, 0.25) is 0 Å². The molecule has 102 valence electrons. The second-order valence-electron chi connectivity index (χ2n) is 4.77. The first-order valence-electron chi connectivity index (χ1n) is 6.48. The van der Waals surface area contributed by atoms with Gasteiger partial charge in [0.1, 0.15) is 12.1 Å². The number of methoxy groups -OCH3 is 2. The minimum atomic E-state index is -0.0272. The van der Waals surface area contributed by atoms with Crippen LogP contribution in [0.4, 0.5) is 0 Å². The normalized spacial score (nSPS) is 23.4. The second kappa shape index (κ2) is 7.19. The van der Waals surface area contributed by atoms with E-state index in [2.05, 4.69) is 30.4 Å². The summed E-state index contributed by atoms with van der Waals surface area (Å²) in [5.41, 5.74) is 0. The SMILES string of the molecule is C=CCCCC1N=C(OC)[C@@H](C(C)C)N=C1OC. The maximum absolute atomic E-state index is 5.37. The van der Waals surface area contributed by atoms with Gasteiger partial charge in [0.2, 0.25) is 11.8 Å². The van der Waals surface area contributed by atoms with Gasteiger partial charge in [0.15, 0.2) is 0 Å². The smallest absolute Gasteiger partial charge is 0.209 e. The van der Waals surface area contributed by atoms with E-state index < -0.39 is 0 Å². The zero-order valence-corrected chi connectivity index (χ0v) is 11.8. The highest BCUT2D eigenvalue weighted by Crippen LogP contribution is 2.20. The number of aliphatic imine (C=N–C) groups is 2. The summed E-state index contributed by atoms with van der Waals surface area (Å²) in [6.07, 6.45) is 4.85. The lowest BCUT2D eigenvalue weighted by Gasteiger charge is -2.26. The fourth-order valence-corrected chi connectivity index (χ4v) is 2.00. The Balaban J connectivity index is 2.80. The van der Waals surface area contributed by atoms with Gasteiger partial charge in [0.25, 0.3) is 0 Å². The first-order chi connectivity index (χ1) is 8.63. The minimum Gasteiger partial charge on any atom is -0.483 e. The van der Waals surface area contributed by atoms with E-state index in [9.17, 15) is 0 Å². The summed E-state index contributed by atoms with van der Waals surface area (Å²) in [6, 6.07) is -0.0412. The zero-order valence-electron chi connectivity index (χ0n) is 11.8. The van der Waals surface area contributed by atoms with Gasteiger partial charge >= 0.3 is 0 Å². The van der Waals surface area contributed by atoms with Gasteiger partial charge in [-0.1, -0.05) is 19.9 Å². The fourth-order valence-electron chi connectivity index (χ4n) is 2.00. The van der Waals surface area contributed by atoms with E-state index in [1.807, 2.05) is 6.08 Å². The molecule has 0 N–H and O–H groups in total. The number of ether oxygens (including phenoxy) is 2. The van der Waals surface area contributed by atoms with Gasteiger partial charge in [0.05, 0.1) is 14.2 Å². The fraction of sp³-hybridized carbons (Fsp3) is 0.714. The molecule has 0 aliphatic carbocycles. The molecule has 1 aliphatic rings. The lowest BCUT2D eigenvalue weighted by atomic mass is 10.0. The number of hydrogen-bond acceptors (Lipinski definition) is 4. The molecule has 0 saturated heterocycles. The topological polar surface area (TPSA) is 43.2 Å². The van der Waals surface area contributed by atoms with Crippen LogP contribution < -0.4 is 0 Å². The van der Waals surface area contributed by atoms with E-state index in [-0.39, 0.29) is 12.1 Å². The molecule has 0 fully saturated rings. The molecular weight excluding hydrogens is 228 g/mol. The molecule has 1 unspecified atom stereocenters. The minimum absolute atomic E-state index is 0.0140. The number of rotatable bonds is 5. The van der Waals surface area contributed by atoms with Gasteiger partial charge in [-0.05, 0) is 25.2 Å². The van der Waals surface area contributed by atoms with Gasteiger partial charge in [-0.25, -0.2) is 9.98 Å². The third-order valence-corrected chi connectivity index (χ3v) is 3.02. The molecule has 0 saturated carbocycles. The molecule has 18 heavy (non-hydrogen) atoms. The highest BCUT2D eigenvalue weighted by Gasteiger charge is 2.30. The van der Waals surface area contributed by atoms with Crippen LogP contribution in [0.1, 0.15) is 33.1 Å². The van der Waals surface area contributed by atoms with Crippen LogP contribution in [0, 0.1) is 5.92 Å². The maximum atomic E-state index is 5.37. The maximum Gasteiger partial charge on any atom is 0.209 e. The summed E-state index contributed by atoms with van der Waals surface area (Å²) in [7, 11) is 3.31. The molecule has 0 spiro atoms. The Morgan fingerprint density at radius 3 is 2.39 bits per heavy atom. The van der Waals surface area contributed by atoms with Crippen LogP contribution in [0.5, 0.6) is 0 Å². The summed E-state index contributed by atoms with van der Waals surface area (Å²) < 4.78 is 10.7. The van der Waals surface area contributed by atoms with Crippen molar-refractivity contribution in [3.8, 4) is 0 Å². The summed E-state index contributed by atoms with van der Waals surface area (Å²) in [5.74, 6) is 1.79. The van der Waals surface area contributed by atoms with Crippen LogP contribution >= 0.6 is 0 Å². The number of allylic oxidation sites excluding steroid dienone is 1. The van der Waals surface area contributed by atoms with Crippen LogP contribution in [0.25, 0.3) is 0 Å². The van der Waals surface area contributed by atoms with E-state index in [1.165, 1.54) is 0 Å². The molecule has 2 atom stereocenters. The zero-order chi connectivity index (χ0) is 13.5. The molecule has 4 heteroatoms. The second-order valence-corrected chi connectivity index (χ2v) is 4.77. The quantitative estimate of drug-likeness (QED) is 0.558. The summed E-state index contributed by atoms with van der Waals surface area (Å²) in [5, 5.41) is 0. The van der Waals surface area contributed by atoms with Crippen molar-refractivity contribution in [3.05, 3.63) is 12.7 Å². The van der Waals surface area contributed by atoms with E-state index in [4.69, 9.17) is 9.47 Å². The number of unbranched alkanes of at least 4 members (excludes halogenated alkanes) is 1. The van der Waals surface area contributed by atoms with Crippen molar-refractivity contribution in [1.82, 2.24) is 0 Å². The van der Waals surface area contributed by atoms with Gasteiger partial charge in [-0.15, -0.1) is 6.58 Å². The third-order valence-electron chi connectivity index (χ3n) is 3.02. The van der Waals surface area contributed by atoms with Crippen molar-refractivity contribution >= 4 is 11.8 Å². The van der Waals surface area contributed by atoms with Crippen molar-refractivity contribution in [1.29, 1.82) is 0 Å². The Kier molecular flexibility index (Phi) is 5.89. The number of nitrogens with zero attached hydrogens (tertiary/aromatic N) is 2. The van der Waals surface area contributed by atoms with Gasteiger partial charge < -0.3 is 9.47 Å². The molecule has 4 nitrogen and oxygen atoms in total. The molecule has 0 aromatic carbocycles. The van der Waals surface area contributed by atoms with Gasteiger partial charge in [-0.2, -0.15) is 0 Å². The highest BCUT2D eigenvalue weighted by molar-refractivity contribution is 5.94. The molecular formula is C14H24N2O2. The van der Waals surface area contributed by atoms with E-state index >= 15 is 0 Å². The van der Waals surface area contributed by atoms with Crippen LogP contribution in [0.15, 0.2) is 22.6 Å². The van der Waals surface area contributed by atoms with Crippen LogP contribution in [-0.2, 0) is 9.47 Å². The van der Waals surface area contributed by atoms with Crippen molar-refractivity contribution in [2.45, 2.75) is 45.2 Å². The molecule has 0 aromatic heterocycles. The van der Waals surface area contributed by atoms with Gasteiger partial charge in [0, 0.05) is 0 Å². The molecule has 1 heterocycles. The Morgan fingerprint density at radius 2 is 1.89 bits per heavy atom. The molecule has 0 radical (unpaired) electrons. The van der Waals surface area contributed by atoms with Crippen molar-refractivity contribution < 1.29 is 9.47 Å². The standard InChI is InChI=1S/C14H24N2O2/c1-6-7-8-9-11-13(17-4)16-12(10(2)3)14(15-11)18-5/h6,10-12H,1,7-9H2,2-5H3/t11?,12-/m1/s1. The lowest BCUT2D eigenvalue weighted by Crippen LogP contribution is -2.37. The summed E-state index contributed by atoms with van der Waals surface area (Å²) in [4.78, 5) is 9.26. The Bertz CT molecular complexity index is 335. The highest BCUT2D eigenvalue weighted by atomic mass is 16.5. The number of hydrogen-bond donors (Lipinski definition) is 0. The molecule has 0 amide bonds. The Hall–Kier alpha value is -1.32. The average Bonchev–Trinajstić information content (AvgIpc) is 2.38. The molecule has 1 rings (SSSR count). The van der Waals surface area contributed by atoms with Crippen molar-refractivity contribution in [2.75, 3.05) is 14.2 Å². The van der Waals surface area contributed by atoms with Crippen LogP contribution in [0.3, 0.4) is 0 Å². The third kappa shape index (κ3) is 3.59. The van der Waals surface area contributed by atoms with Crippen molar-refractivity contribution in [2.24, 2.45) is 15.9 Å². The average molecular weight is 252 g/mol. The molecule has 0 bridgehead atoms. The van der Waals surface area contributed by atoms with Gasteiger partial charge in [-0.3, -0.25) is 0 Å². The Morgan fingerprint density at radius 1 is 1.22 bits per heavy atom. The predicted octanol–water partition coefficient (Wildman–Crippen LogP) is 2.84. The summed E-state index contributed by atoms with van der Waals surface area (Å²) in [6.45, 7) is 7.94. The summed E-state index contributed by atoms with van der Waals surface area (Å²) >= 11 is 0. The largest absolute Gasteiger partial charge is 0.483 e. The van der Waals surface area contributed by atoms with E-state index in [1.54, 1.807) is 14.2 Å². The monoisotopic (exact) mass is 252 g/mol. The van der Waals surface area contributed by atoms with E-state index in [0.717, 1.165) is 31.1 Å². The molecule has 0 aromatic rings. The Labute approximate surface area is 110 Å². The predicted molar refractivity (Wildman–Crippen MR) is 75.4 cm³/mol.